The lowest BCUT2D eigenvalue weighted by atomic mass is 10.0. The first-order valence-electron chi connectivity index (χ1n) is 6.41. The Morgan fingerprint density at radius 3 is 2.25 bits per heavy atom. The van der Waals surface area contributed by atoms with Crippen LogP contribution in [0.15, 0.2) is 0 Å². The average Bonchev–Trinajstić information content (AvgIpc) is 2.21. The Bertz CT molecular complexity index is 149. The van der Waals surface area contributed by atoms with Crippen LogP contribution >= 0.6 is 0 Å². The second-order valence-corrected chi connectivity index (χ2v) is 4.86. The summed E-state index contributed by atoms with van der Waals surface area (Å²) in [7, 11) is 1.76. The van der Waals surface area contributed by atoms with Crippen LogP contribution in [0.5, 0.6) is 0 Å². The van der Waals surface area contributed by atoms with E-state index in [4.69, 9.17) is 9.47 Å². The molecule has 0 aliphatic heterocycles. The minimum absolute atomic E-state index is 0.342. The summed E-state index contributed by atoms with van der Waals surface area (Å²) in [6.07, 6.45) is 2.50. The van der Waals surface area contributed by atoms with Crippen molar-refractivity contribution in [3.05, 3.63) is 0 Å². The molecule has 0 aliphatic carbocycles. The minimum atomic E-state index is 0.342. The molecule has 0 aromatic carbocycles. The third-order valence-electron chi connectivity index (χ3n) is 2.62. The summed E-state index contributed by atoms with van der Waals surface area (Å²) < 4.78 is 10.6. The lowest BCUT2D eigenvalue weighted by Gasteiger charge is -2.22. The van der Waals surface area contributed by atoms with Crippen LogP contribution in [0.4, 0.5) is 0 Å². The van der Waals surface area contributed by atoms with E-state index < -0.39 is 0 Å². The molecular weight excluding hydrogens is 202 g/mol. The van der Waals surface area contributed by atoms with Crippen molar-refractivity contribution in [2.45, 2.75) is 52.7 Å². The van der Waals surface area contributed by atoms with Gasteiger partial charge in [0, 0.05) is 26.4 Å². The highest BCUT2D eigenvalue weighted by atomic mass is 16.5. The van der Waals surface area contributed by atoms with Gasteiger partial charge in [0.05, 0.1) is 6.10 Å². The normalized spacial score (nSPS) is 13.7. The van der Waals surface area contributed by atoms with Gasteiger partial charge in [-0.3, -0.25) is 0 Å². The molecule has 1 N–H and O–H groups in total. The molecule has 0 heterocycles. The third kappa shape index (κ3) is 9.13. The third-order valence-corrected chi connectivity index (χ3v) is 2.62. The van der Waals surface area contributed by atoms with E-state index in [1.807, 2.05) is 0 Å². The zero-order chi connectivity index (χ0) is 12.4. The van der Waals surface area contributed by atoms with Gasteiger partial charge in [0.25, 0.3) is 0 Å². The van der Waals surface area contributed by atoms with Crippen molar-refractivity contribution in [2.24, 2.45) is 5.92 Å². The zero-order valence-corrected chi connectivity index (χ0v) is 11.6. The Morgan fingerprint density at radius 1 is 1.06 bits per heavy atom. The van der Waals surface area contributed by atoms with Gasteiger partial charge >= 0.3 is 0 Å². The van der Waals surface area contributed by atoms with E-state index in [0.717, 1.165) is 32.6 Å². The number of rotatable bonds is 10. The molecule has 0 aromatic rings. The van der Waals surface area contributed by atoms with Crippen molar-refractivity contribution in [3.8, 4) is 0 Å². The largest absolute Gasteiger partial charge is 0.385 e. The highest BCUT2D eigenvalue weighted by molar-refractivity contribution is 4.70. The molecule has 0 saturated heterocycles. The van der Waals surface area contributed by atoms with E-state index in [-0.39, 0.29) is 0 Å². The number of hydrogen-bond acceptors (Lipinski definition) is 3. The second-order valence-electron chi connectivity index (χ2n) is 4.86. The summed E-state index contributed by atoms with van der Waals surface area (Å²) in [4.78, 5) is 0. The maximum atomic E-state index is 5.50. The Balaban J connectivity index is 3.52. The lowest BCUT2D eigenvalue weighted by Crippen LogP contribution is -2.36. The van der Waals surface area contributed by atoms with Crippen molar-refractivity contribution in [2.75, 3.05) is 26.9 Å². The van der Waals surface area contributed by atoms with Gasteiger partial charge in [-0.15, -0.1) is 0 Å². The van der Waals surface area contributed by atoms with E-state index in [1.54, 1.807) is 7.11 Å². The van der Waals surface area contributed by atoms with Crippen LogP contribution in [0.2, 0.25) is 0 Å². The van der Waals surface area contributed by atoms with Gasteiger partial charge in [0.1, 0.15) is 0 Å². The first-order chi connectivity index (χ1) is 7.57. The zero-order valence-electron chi connectivity index (χ0n) is 11.6. The van der Waals surface area contributed by atoms with Gasteiger partial charge in [0.15, 0.2) is 0 Å². The average molecular weight is 231 g/mol. The first kappa shape index (κ1) is 15.9. The van der Waals surface area contributed by atoms with Crippen LogP contribution in [-0.2, 0) is 9.47 Å². The Labute approximate surface area is 101 Å². The van der Waals surface area contributed by atoms with E-state index >= 15 is 0 Å². The van der Waals surface area contributed by atoms with Crippen LogP contribution < -0.4 is 5.32 Å². The van der Waals surface area contributed by atoms with Crippen LogP contribution in [0.3, 0.4) is 0 Å². The van der Waals surface area contributed by atoms with Crippen LogP contribution in [-0.4, -0.2) is 39.0 Å². The Kier molecular flexibility index (Phi) is 9.99. The predicted molar refractivity (Wildman–Crippen MR) is 68.8 cm³/mol. The summed E-state index contributed by atoms with van der Waals surface area (Å²) in [5.41, 5.74) is 0. The summed E-state index contributed by atoms with van der Waals surface area (Å²) >= 11 is 0. The SMILES string of the molecule is COCCC(NCCCOC(C)C)C(C)C. The fourth-order valence-electron chi connectivity index (χ4n) is 1.59. The van der Waals surface area contributed by atoms with E-state index in [9.17, 15) is 0 Å². The fourth-order valence-corrected chi connectivity index (χ4v) is 1.59. The van der Waals surface area contributed by atoms with Gasteiger partial charge in [-0.2, -0.15) is 0 Å². The number of methoxy groups -OCH3 is 1. The quantitative estimate of drug-likeness (QED) is 0.586. The molecule has 0 aliphatic rings. The molecule has 0 saturated carbocycles. The van der Waals surface area contributed by atoms with Crippen LogP contribution in [0, 0.1) is 5.92 Å². The molecule has 0 bridgehead atoms. The highest BCUT2D eigenvalue weighted by Gasteiger charge is 2.11. The highest BCUT2D eigenvalue weighted by Crippen LogP contribution is 2.06. The number of hydrogen-bond donors (Lipinski definition) is 1. The summed E-state index contributed by atoms with van der Waals surface area (Å²) in [5.74, 6) is 0.654. The predicted octanol–water partition coefficient (Wildman–Crippen LogP) is 2.45. The molecular formula is C13H29NO2. The van der Waals surface area contributed by atoms with Crippen LogP contribution in [0.25, 0.3) is 0 Å². The molecule has 3 heteroatoms. The lowest BCUT2D eigenvalue weighted by molar-refractivity contribution is 0.0760. The van der Waals surface area contributed by atoms with Gasteiger partial charge in [0.2, 0.25) is 0 Å². The first-order valence-corrected chi connectivity index (χ1v) is 6.41. The second kappa shape index (κ2) is 10.1. The standard InChI is InChI=1S/C13H29NO2/c1-11(2)13(7-10-15-5)14-8-6-9-16-12(3)4/h11-14H,6-10H2,1-5H3. The molecule has 0 aromatic heterocycles. The maximum Gasteiger partial charge on any atom is 0.0518 e. The molecule has 98 valence electrons. The van der Waals surface area contributed by atoms with Crippen molar-refractivity contribution in [1.29, 1.82) is 0 Å². The van der Waals surface area contributed by atoms with Gasteiger partial charge in [-0.05, 0) is 39.2 Å². The molecule has 0 amide bonds. The Morgan fingerprint density at radius 2 is 1.75 bits per heavy atom. The summed E-state index contributed by atoms with van der Waals surface area (Å²) in [6.45, 7) is 11.3. The molecule has 0 rings (SSSR count). The van der Waals surface area contributed by atoms with E-state index in [1.165, 1.54) is 0 Å². The number of ether oxygens (including phenoxy) is 2. The Hall–Kier alpha value is -0.120. The molecule has 0 radical (unpaired) electrons. The monoisotopic (exact) mass is 231 g/mol. The van der Waals surface area contributed by atoms with Crippen molar-refractivity contribution in [3.63, 3.8) is 0 Å². The van der Waals surface area contributed by atoms with Crippen molar-refractivity contribution >= 4 is 0 Å². The number of nitrogens with one attached hydrogen (secondary N) is 1. The summed E-state index contributed by atoms with van der Waals surface area (Å²) in [6, 6.07) is 0.555. The molecule has 0 spiro atoms. The van der Waals surface area contributed by atoms with Crippen molar-refractivity contribution in [1.82, 2.24) is 5.32 Å². The van der Waals surface area contributed by atoms with Crippen molar-refractivity contribution < 1.29 is 9.47 Å². The molecule has 3 nitrogen and oxygen atoms in total. The molecule has 1 unspecified atom stereocenters. The molecule has 16 heavy (non-hydrogen) atoms. The fraction of sp³-hybridized carbons (Fsp3) is 1.00. The minimum Gasteiger partial charge on any atom is -0.385 e. The van der Waals surface area contributed by atoms with E-state index in [2.05, 4.69) is 33.0 Å². The van der Waals surface area contributed by atoms with Gasteiger partial charge in [-0.25, -0.2) is 0 Å². The summed E-state index contributed by atoms with van der Waals surface area (Å²) in [5, 5.41) is 3.57. The van der Waals surface area contributed by atoms with Crippen LogP contribution in [0.1, 0.15) is 40.5 Å². The van der Waals surface area contributed by atoms with Gasteiger partial charge in [-0.1, -0.05) is 13.8 Å². The smallest absolute Gasteiger partial charge is 0.0518 e. The topological polar surface area (TPSA) is 30.5 Å². The molecule has 0 fully saturated rings. The van der Waals surface area contributed by atoms with E-state index in [0.29, 0.717) is 18.1 Å². The molecule has 1 atom stereocenters. The van der Waals surface area contributed by atoms with Gasteiger partial charge < -0.3 is 14.8 Å². The maximum absolute atomic E-state index is 5.50.